The SMILES string of the molecule is O=C(CCl)NCc1ccc(N2CCOCC2)c(F)c1. The molecule has 1 aliphatic rings. The molecule has 0 aliphatic carbocycles. The molecule has 1 aromatic rings. The fourth-order valence-electron chi connectivity index (χ4n) is 1.97. The van der Waals surface area contributed by atoms with Crippen molar-refractivity contribution in [3.05, 3.63) is 29.6 Å². The minimum Gasteiger partial charge on any atom is -0.378 e. The van der Waals surface area contributed by atoms with Crippen molar-refractivity contribution >= 4 is 23.2 Å². The summed E-state index contributed by atoms with van der Waals surface area (Å²) < 4.78 is 19.3. The molecule has 0 aromatic heterocycles. The Bertz CT molecular complexity index is 450. The number of morpholine rings is 1. The highest BCUT2D eigenvalue weighted by atomic mass is 35.5. The van der Waals surface area contributed by atoms with Gasteiger partial charge in [-0.15, -0.1) is 11.6 Å². The Morgan fingerprint density at radius 3 is 2.79 bits per heavy atom. The second kappa shape index (κ2) is 6.73. The van der Waals surface area contributed by atoms with Gasteiger partial charge in [0.15, 0.2) is 0 Å². The van der Waals surface area contributed by atoms with E-state index in [2.05, 4.69) is 5.32 Å². The molecular formula is C13H16ClFN2O2. The Kier molecular flexibility index (Phi) is 4.99. The van der Waals surface area contributed by atoms with E-state index in [-0.39, 0.29) is 24.1 Å². The highest BCUT2D eigenvalue weighted by Crippen LogP contribution is 2.21. The number of hydrogen-bond acceptors (Lipinski definition) is 3. The molecular weight excluding hydrogens is 271 g/mol. The largest absolute Gasteiger partial charge is 0.378 e. The monoisotopic (exact) mass is 286 g/mol. The average molecular weight is 287 g/mol. The summed E-state index contributed by atoms with van der Waals surface area (Å²) in [6.45, 7) is 2.91. The minimum absolute atomic E-state index is 0.0889. The first-order valence-corrected chi connectivity index (χ1v) is 6.68. The molecule has 0 bridgehead atoms. The van der Waals surface area contributed by atoms with E-state index in [0.717, 1.165) is 0 Å². The lowest BCUT2D eigenvalue weighted by molar-refractivity contribution is -0.118. The van der Waals surface area contributed by atoms with Crippen molar-refractivity contribution in [2.75, 3.05) is 37.1 Å². The van der Waals surface area contributed by atoms with Gasteiger partial charge in [0.2, 0.25) is 5.91 Å². The van der Waals surface area contributed by atoms with E-state index in [0.29, 0.717) is 37.6 Å². The van der Waals surface area contributed by atoms with Gasteiger partial charge in [-0.25, -0.2) is 4.39 Å². The second-order valence-electron chi connectivity index (χ2n) is 4.30. The summed E-state index contributed by atoms with van der Waals surface area (Å²) in [5, 5.41) is 2.60. The normalized spacial score (nSPS) is 15.4. The number of benzene rings is 1. The maximum Gasteiger partial charge on any atom is 0.235 e. The number of ether oxygens (including phenoxy) is 1. The van der Waals surface area contributed by atoms with Gasteiger partial charge in [0.05, 0.1) is 18.9 Å². The number of nitrogens with zero attached hydrogens (tertiary/aromatic N) is 1. The van der Waals surface area contributed by atoms with Crippen LogP contribution in [0.4, 0.5) is 10.1 Å². The zero-order valence-electron chi connectivity index (χ0n) is 10.5. The topological polar surface area (TPSA) is 41.6 Å². The molecule has 0 spiro atoms. The molecule has 1 amide bonds. The molecule has 6 heteroatoms. The second-order valence-corrected chi connectivity index (χ2v) is 4.56. The van der Waals surface area contributed by atoms with E-state index >= 15 is 0 Å². The number of nitrogens with one attached hydrogen (secondary N) is 1. The number of alkyl halides is 1. The molecule has 0 saturated carbocycles. The van der Waals surface area contributed by atoms with Crippen molar-refractivity contribution in [2.45, 2.75) is 6.54 Å². The molecule has 4 nitrogen and oxygen atoms in total. The molecule has 1 heterocycles. The predicted octanol–water partition coefficient (Wildman–Crippen LogP) is 1.52. The lowest BCUT2D eigenvalue weighted by atomic mass is 10.1. The molecule has 2 rings (SSSR count). The van der Waals surface area contributed by atoms with Gasteiger partial charge >= 0.3 is 0 Å². The van der Waals surface area contributed by atoms with Gasteiger partial charge in [-0.05, 0) is 17.7 Å². The predicted molar refractivity (Wildman–Crippen MR) is 72.0 cm³/mol. The van der Waals surface area contributed by atoms with Crippen molar-refractivity contribution in [3.8, 4) is 0 Å². The summed E-state index contributed by atoms with van der Waals surface area (Å²) in [7, 11) is 0. The lowest BCUT2D eigenvalue weighted by Crippen LogP contribution is -2.36. The number of hydrogen-bond donors (Lipinski definition) is 1. The van der Waals surface area contributed by atoms with Gasteiger partial charge in [-0.2, -0.15) is 0 Å². The van der Waals surface area contributed by atoms with Crippen molar-refractivity contribution < 1.29 is 13.9 Å². The maximum absolute atomic E-state index is 14.0. The lowest BCUT2D eigenvalue weighted by Gasteiger charge is -2.29. The third-order valence-electron chi connectivity index (χ3n) is 2.97. The van der Waals surface area contributed by atoms with E-state index in [1.165, 1.54) is 6.07 Å². The molecule has 1 aliphatic heterocycles. The number of anilines is 1. The van der Waals surface area contributed by atoms with Crippen LogP contribution in [0, 0.1) is 5.82 Å². The van der Waals surface area contributed by atoms with Crippen LogP contribution >= 0.6 is 11.6 Å². The average Bonchev–Trinajstić information content (AvgIpc) is 2.45. The van der Waals surface area contributed by atoms with E-state index in [4.69, 9.17) is 16.3 Å². The van der Waals surface area contributed by atoms with Crippen molar-refractivity contribution in [1.29, 1.82) is 0 Å². The van der Waals surface area contributed by atoms with Crippen LogP contribution in [0.3, 0.4) is 0 Å². The van der Waals surface area contributed by atoms with Gasteiger partial charge in [0.1, 0.15) is 11.7 Å². The van der Waals surface area contributed by atoms with Crippen LogP contribution in [0.5, 0.6) is 0 Å². The van der Waals surface area contributed by atoms with Crippen LogP contribution in [0.25, 0.3) is 0 Å². The highest BCUT2D eigenvalue weighted by molar-refractivity contribution is 6.27. The van der Waals surface area contributed by atoms with Crippen LogP contribution in [0.1, 0.15) is 5.56 Å². The number of carbonyl (C=O) groups excluding carboxylic acids is 1. The van der Waals surface area contributed by atoms with Crippen LogP contribution in [0.15, 0.2) is 18.2 Å². The van der Waals surface area contributed by atoms with Gasteiger partial charge in [0, 0.05) is 19.6 Å². The summed E-state index contributed by atoms with van der Waals surface area (Å²) in [5.41, 5.74) is 1.30. The van der Waals surface area contributed by atoms with Crippen LogP contribution in [-0.4, -0.2) is 38.1 Å². The molecule has 1 aromatic carbocycles. The first-order valence-electron chi connectivity index (χ1n) is 6.14. The number of carbonyl (C=O) groups is 1. The molecule has 0 unspecified atom stereocenters. The smallest absolute Gasteiger partial charge is 0.235 e. The van der Waals surface area contributed by atoms with Crippen molar-refractivity contribution in [2.24, 2.45) is 0 Å². The first kappa shape index (κ1) is 14.1. The minimum atomic E-state index is -0.278. The third-order valence-corrected chi connectivity index (χ3v) is 3.22. The standard InChI is InChI=1S/C13H16ClFN2O2/c14-8-13(18)16-9-10-1-2-12(11(15)7-10)17-3-5-19-6-4-17/h1-2,7H,3-6,8-9H2,(H,16,18). The van der Waals surface area contributed by atoms with Gasteiger partial charge < -0.3 is 15.0 Å². The summed E-state index contributed by atoms with van der Waals surface area (Å²) in [4.78, 5) is 13.0. The van der Waals surface area contributed by atoms with Gasteiger partial charge in [-0.1, -0.05) is 6.07 Å². The molecule has 1 N–H and O–H groups in total. The van der Waals surface area contributed by atoms with Crippen molar-refractivity contribution in [3.63, 3.8) is 0 Å². The Morgan fingerprint density at radius 2 is 2.16 bits per heavy atom. The van der Waals surface area contributed by atoms with Crippen LogP contribution in [-0.2, 0) is 16.1 Å². The van der Waals surface area contributed by atoms with E-state index in [9.17, 15) is 9.18 Å². The molecule has 1 fully saturated rings. The van der Waals surface area contributed by atoms with Gasteiger partial charge in [-0.3, -0.25) is 4.79 Å². The van der Waals surface area contributed by atoms with Crippen LogP contribution in [0.2, 0.25) is 0 Å². The zero-order valence-corrected chi connectivity index (χ0v) is 11.3. The zero-order chi connectivity index (χ0) is 13.7. The number of rotatable bonds is 4. The first-order chi connectivity index (χ1) is 9.20. The third kappa shape index (κ3) is 3.81. The van der Waals surface area contributed by atoms with Crippen molar-refractivity contribution in [1.82, 2.24) is 5.32 Å². The fraction of sp³-hybridized carbons (Fsp3) is 0.462. The highest BCUT2D eigenvalue weighted by Gasteiger charge is 2.15. The molecule has 0 atom stereocenters. The van der Waals surface area contributed by atoms with Gasteiger partial charge in [0.25, 0.3) is 0 Å². The van der Waals surface area contributed by atoms with E-state index < -0.39 is 0 Å². The Balaban J connectivity index is 2.01. The molecule has 104 valence electrons. The summed E-state index contributed by atoms with van der Waals surface area (Å²) >= 11 is 5.37. The van der Waals surface area contributed by atoms with E-state index in [1.807, 2.05) is 11.0 Å². The maximum atomic E-state index is 14.0. The van der Waals surface area contributed by atoms with Crippen LogP contribution < -0.4 is 10.2 Å². The summed E-state index contributed by atoms with van der Waals surface area (Å²) in [6, 6.07) is 4.99. The number of halogens is 2. The fourth-order valence-corrected chi connectivity index (χ4v) is 2.06. The Hall–Kier alpha value is -1.33. The Morgan fingerprint density at radius 1 is 1.42 bits per heavy atom. The summed E-state index contributed by atoms with van der Waals surface area (Å²) in [5.74, 6) is -0.632. The quantitative estimate of drug-likeness (QED) is 0.853. The molecule has 0 radical (unpaired) electrons. The Labute approximate surface area is 116 Å². The summed E-state index contributed by atoms with van der Waals surface area (Å²) in [6.07, 6.45) is 0. The molecule has 19 heavy (non-hydrogen) atoms. The molecule has 1 saturated heterocycles. The van der Waals surface area contributed by atoms with E-state index in [1.54, 1.807) is 6.07 Å². The number of amides is 1.